The first-order valence-corrected chi connectivity index (χ1v) is 7.98. The van der Waals surface area contributed by atoms with E-state index >= 15 is 0 Å². The molecule has 2 aromatic rings. The molecule has 2 aromatic carbocycles. The van der Waals surface area contributed by atoms with Crippen molar-refractivity contribution in [3.05, 3.63) is 60.2 Å². The molecule has 6 heteroatoms. The summed E-state index contributed by atoms with van der Waals surface area (Å²) < 4.78 is 10.2. The number of methoxy groups -OCH3 is 1. The molecule has 1 amide bonds. The Hall–Kier alpha value is -2.86. The maximum atomic E-state index is 11.9. The van der Waals surface area contributed by atoms with Gasteiger partial charge in [-0.25, -0.2) is 0 Å². The normalized spacial score (nSPS) is 11.4. The Balaban J connectivity index is 1.77. The topological polar surface area (TPSA) is 90.7 Å². The van der Waals surface area contributed by atoms with E-state index in [1.54, 1.807) is 24.3 Å². The molecule has 0 bridgehead atoms. The maximum Gasteiger partial charge on any atom is 0.322 e. The quantitative estimate of drug-likeness (QED) is 0.719. The number of anilines is 1. The molecule has 0 heterocycles. The number of amides is 1. The molecule has 0 aromatic heterocycles. The first-order valence-electron chi connectivity index (χ1n) is 7.98. The molecule has 25 heavy (non-hydrogen) atoms. The lowest BCUT2D eigenvalue weighted by molar-refractivity contribution is -0.142. The third-order valence-electron chi connectivity index (χ3n) is 3.57. The first kappa shape index (κ1) is 18.5. The Morgan fingerprint density at radius 3 is 2.40 bits per heavy atom. The highest BCUT2D eigenvalue weighted by Gasteiger charge is 2.15. The predicted octanol–water partition coefficient (Wildman–Crippen LogP) is 2.48. The van der Waals surface area contributed by atoms with E-state index in [0.717, 1.165) is 11.3 Å². The lowest BCUT2D eigenvalue weighted by atomic mass is 10.1. The van der Waals surface area contributed by atoms with Crippen LogP contribution in [-0.4, -0.2) is 25.0 Å². The van der Waals surface area contributed by atoms with E-state index in [-0.39, 0.29) is 18.7 Å². The van der Waals surface area contributed by atoms with E-state index in [1.165, 1.54) is 7.11 Å². The van der Waals surface area contributed by atoms with Crippen molar-refractivity contribution in [2.75, 3.05) is 12.4 Å². The average molecular weight is 342 g/mol. The van der Waals surface area contributed by atoms with Gasteiger partial charge in [0.05, 0.1) is 7.11 Å². The van der Waals surface area contributed by atoms with Gasteiger partial charge in [-0.2, -0.15) is 0 Å². The van der Waals surface area contributed by atoms with Gasteiger partial charge in [-0.05, 0) is 36.2 Å². The number of ether oxygens (including phenoxy) is 2. The van der Waals surface area contributed by atoms with Gasteiger partial charge < -0.3 is 20.5 Å². The van der Waals surface area contributed by atoms with E-state index in [4.69, 9.17) is 10.5 Å². The van der Waals surface area contributed by atoms with Crippen molar-refractivity contribution in [3.8, 4) is 5.75 Å². The zero-order chi connectivity index (χ0) is 18.1. The Kier molecular flexibility index (Phi) is 6.98. The summed E-state index contributed by atoms with van der Waals surface area (Å²) in [6, 6.07) is 16.2. The summed E-state index contributed by atoms with van der Waals surface area (Å²) in [5.74, 6) is -0.0143. The number of nitrogens with one attached hydrogen (secondary N) is 1. The van der Waals surface area contributed by atoms with Crippen molar-refractivity contribution >= 4 is 17.6 Å². The van der Waals surface area contributed by atoms with Gasteiger partial charge >= 0.3 is 5.97 Å². The Labute approximate surface area is 146 Å². The van der Waals surface area contributed by atoms with Crippen LogP contribution < -0.4 is 15.8 Å². The molecule has 0 unspecified atom stereocenters. The van der Waals surface area contributed by atoms with Crippen LogP contribution in [0, 0.1) is 0 Å². The summed E-state index contributed by atoms with van der Waals surface area (Å²) in [7, 11) is 1.27. The fourth-order valence-electron chi connectivity index (χ4n) is 2.15. The Bertz CT molecular complexity index is 686. The van der Waals surface area contributed by atoms with Crippen LogP contribution in [0.1, 0.15) is 18.4 Å². The largest absolute Gasteiger partial charge is 0.489 e. The zero-order valence-corrected chi connectivity index (χ0v) is 14.1. The summed E-state index contributed by atoms with van der Waals surface area (Å²) in [6.45, 7) is 0.484. The number of hydrogen-bond acceptors (Lipinski definition) is 5. The zero-order valence-electron chi connectivity index (χ0n) is 14.1. The second kappa shape index (κ2) is 9.44. The van der Waals surface area contributed by atoms with E-state index in [1.807, 2.05) is 30.3 Å². The summed E-state index contributed by atoms with van der Waals surface area (Å²) in [5, 5.41) is 2.75. The number of rotatable bonds is 8. The molecule has 0 fully saturated rings. The van der Waals surface area contributed by atoms with Crippen LogP contribution in [0.4, 0.5) is 5.69 Å². The molecule has 0 aliphatic heterocycles. The molecular formula is C19H22N2O4. The number of carbonyl (C=O) groups is 2. The second-order valence-electron chi connectivity index (χ2n) is 5.52. The summed E-state index contributed by atoms with van der Waals surface area (Å²) in [5.41, 5.74) is 7.34. The molecule has 0 aliphatic rings. The highest BCUT2D eigenvalue weighted by molar-refractivity contribution is 5.91. The number of hydrogen-bond donors (Lipinski definition) is 2. The molecule has 6 nitrogen and oxygen atoms in total. The van der Waals surface area contributed by atoms with Gasteiger partial charge in [-0.1, -0.05) is 30.3 Å². The molecule has 0 spiro atoms. The first-order chi connectivity index (χ1) is 12.1. The van der Waals surface area contributed by atoms with Crippen molar-refractivity contribution in [1.82, 2.24) is 0 Å². The van der Waals surface area contributed by atoms with E-state index in [9.17, 15) is 9.59 Å². The fourth-order valence-corrected chi connectivity index (χ4v) is 2.15. The molecule has 0 saturated heterocycles. The van der Waals surface area contributed by atoms with E-state index in [0.29, 0.717) is 12.3 Å². The lowest BCUT2D eigenvalue weighted by Gasteiger charge is -2.10. The molecule has 2 rings (SSSR count). The van der Waals surface area contributed by atoms with Crippen LogP contribution in [0.15, 0.2) is 54.6 Å². The number of esters is 1. The van der Waals surface area contributed by atoms with Gasteiger partial charge in [0.25, 0.3) is 0 Å². The highest BCUT2D eigenvalue weighted by Crippen LogP contribution is 2.17. The lowest BCUT2D eigenvalue weighted by Crippen LogP contribution is -2.32. The average Bonchev–Trinajstić information content (AvgIpc) is 2.65. The molecule has 0 aliphatic carbocycles. The molecule has 3 N–H and O–H groups in total. The molecule has 132 valence electrons. The highest BCUT2D eigenvalue weighted by atomic mass is 16.5. The Morgan fingerprint density at radius 1 is 1.08 bits per heavy atom. The van der Waals surface area contributed by atoms with Crippen LogP contribution in [0.5, 0.6) is 5.75 Å². The van der Waals surface area contributed by atoms with Gasteiger partial charge in [-0.3, -0.25) is 9.59 Å². The smallest absolute Gasteiger partial charge is 0.322 e. The fraction of sp³-hybridized carbons (Fsp3) is 0.263. The van der Waals surface area contributed by atoms with Gasteiger partial charge in [-0.15, -0.1) is 0 Å². The standard InChI is InChI=1S/C19H22N2O4/c1-24-19(23)17(20)11-12-18(22)21-15-7-9-16(10-8-15)25-13-14-5-3-2-4-6-14/h2-10,17H,11-13,20H2,1H3,(H,21,22)/t17-/m0/s1. The van der Waals surface area contributed by atoms with Gasteiger partial charge in [0.15, 0.2) is 0 Å². The van der Waals surface area contributed by atoms with Gasteiger partial charge in [0.1, 0.15) is 18.4 Å². The minimum atomic E-state index is -0.787. The third kappa shape index (κ3) is 6.27. The van der Waals surface area contributed by atoms with Crippen molar-refractivity contribution in [2.45, 2.75) is 25.5 Å². The van der Waals surface area contributed by atoms with Crippen LogP contribution in [0.3, 0.4) is 0 Å². The Morgan fingerprint density at radius 2 is 1.76 bits per heavy atom. The summed E-state index contributed by atoms with van der Waals surface area (Å²) in [4.78, 5) is 23.1. The van der Waals surface area contributed by atoms with Crippen molar-refractivity contribution < 1.29 is 19.1 Å². The minimum absolute atomic E-state index is 0.141. The number of nitrogens with two attached hydrogens (primary N) is 1. The number of carbonyl (C=O) groups excluding carboxylic acids is 2. The predicted molar refractivity (Wildman–Crippen MR) is 95.1 cm³/mol. The molecule has 0 radical (unpaired) electrons. The summed E-state index contributed by atoms with van der Waals surface area (Å²) in [6.07, 6.45) is 0.374. The van der Waals surface area contributed by atoms with Gasteiger partial charge in [0, 0.05) is 12.1 Å². The van der Waals surface area contributed by atoms with E-state index < -0.39 is 12.0 Å². The minimum Gasteiger partial charge on any atom is -0.489 e. The second-order valence-corrected chi connectivity index (χ2v) is 5.52. The van der Waals surface area contributed by atoms with Crippen molar-refractivity contribution in [2.24, 2.45) is 5.73 Å². The third-order valence-corrected chi connectivity index (χ3v) is 3.57. The van der Waals surface area contributed by atoms with Crippen molar-refractivity contribution in [3.63, 3.8) is 0 Å². The van der Waals surface area contributed by atoms with Crippen LogP contribution in [0.2, 0.25) is 0 Å². The van der Waals surface area contributed by atoms with Crippen LogP contribution in [0.25, 0.3) is 0 Å². The maximum absolute atomic E-state index is 11.9. The van der Waals surface area contributed by atoms with Gasteiger partial charge in [0.2, 0.25) is 5.91 Å². The SMILES string of the molecule is COC(=O)[C@@H](N)CCC(=O)Nc1ccc(OCc2ccccc2)cc1. The van der Waals surface area contributed by atoms with Crippen LogP contribution >= 0.6 is 0 Å². The van der Waals surface area contributed by atoms with Crippen molar-refractivity contribution in [1.29, 1.82) is 0 Å². The van der Waals surface area contributed by atoms with E-state index in [2.05, 4.69) is 10.1 Å². The monoisotopic (exact) mass is 342 g/mol. The molecule has 0 saturated carbocycles. The number of benzene rings is 2. The summed E-state index contributed by atoms with van der Waals surface area (Å²) >= 11 is 0. The van der Waals surface area contributed by atoms with Crippen LogP contribution in [-0.2, 0) is 20.9 Å². The molecule has 1 atom stereocenters. The molecular weight excluding hydrogens is 320 g/mol.